The van der Waals surface area contributed by atoms with Gasteiger partial charge in [-0.05, 0) is 54.5 Å². The summed E-state index contributed by atoms with van der Waals surface area (Å²) in [6.45, 7) is -0.0247. The van der Waals surface area contributed by atoms with E-state index >= 15 is 0 Å². The van der Waals surface area contributed by atoms with Crippen molar-refractivity contribution >= 4 is 33.0 Å². The van der Waals surface area contributed by atoms with Gasteiger partial charge in [-0.1, -0.05) is 17.7 Å². The van der Waals surface area contributed by atoms with Crippen LogP contribution in [0.3, 0.4) is 0 Å². The second kappa shape index (κ2) is 5.94. The molecule has 1 aliphatic carbocycles. The van der Waals surface area contributed by atoms with Crippen LogP contribution in [0.15, 0.2) is 46.7 Å². The van der Waals surface area contributed by atoms with Crippen LogP contribution in [0, 0.1) is 5.92 Å². The van der Waals surface area contributed by atoms with Crippen molar-refractivity contribution in [1.29, 1.82) is 0 Å². The Labute approximate surface area is 138 Å². The summed E-state index contributed by atoms with van der Waals surface area (Å²) in [5, 5.41) is 13.3. The lowest BCUT2D eigenvalue weighted by Gasteiger charge is -2.27. The molecule has 1 aromatic heterocycles. The first kappa shape index (κ1) is 16.0. The van der Waals surface area contributed by atoms with Crippen molar-refractivity contribution in [3.05, 3.63) is 51.7 Å². The molecule has 1 aromatic carbocycles. The van der Waals surface area contributed by atoms with E-state index in [1.807, 2.05) is 17.5 Å². The van der Waals surface area contributed by atoms with E-state index in [2.05, 4.69) is 4.72 Å². The second-order valence-electron chi connectivity index (χ2n) is 5.45. The summed E-state index contributed by atoms with van der Waals surface area (Å²) in [4.78, 5) is 0.940. The van der Waals surface area contributed by atoms with Gasteiger partial charge in [-0.3, -0.25) is 0 Å². The van der Waals surface area contributed by atoms with Crippen LogP contribution < -0.4 is 4.72 Å². The van der Waals surface area contributed by atoms with Crippen LogP contribution in [0.2, 0.25) is 5.02 Å². The van der Waals surface area contributed by atoms with Gasteiger partial charge in [0.2, 0.25) is 10.0 Å². The average molecular weight is 358 g/mol. The van der Waals surface area contributed by atoms with Gasteiger partial charge in [0.25, 0.3) is 0 Å². The summed E-state index contributed by atoms with van der Waals surface area (Å²) in [6.07, 6.45) is 1.83. The number of sulfonamides is 1. The molecule has 0 radical (unpaired) electrons. The molecule has 0 aliphatic heterocycles. The van der Waals surface area contributed by atoms with Crippen molar-refractivity contribution in [2.45, 2.75) is 23.3 Å². The van der Waals surface area contributed by atoms with Crippen molar-refractivity contribution in [3.8, 4) is 0 Å². The van der Waals surface area contributed by atoms with Crippen LogP contribution in [0.4, 0.5) is 0 Å². The molecule has 3 rings (SSSR count). The molecule has 0 saturated heterocycles. The van der Waals surface area contributed by atoms with Gasteiger partial charge >= 0.3 is 0 Å². The van der Waals surface area contributed by atoms with E-state index in [1.54, 1.807) is 0 Å². The van der Waals surface area contributed by atoms with E-state index < -0.39 is 15.6 Å². The van der Waals surface area contributed by atoms with Crippen LogP contribution in [-0.2, 0) is 15.6 Å². The quantitative estimate of drug-likeness (QED) is 0.835. The second-order valence-corrected chi connectivity index (χ2v) is 8.61. The predicted octanol–water partition coefficient (Wildman–Crippen LogP) is 2.98. The molecule has 0 amide bonds. The molecule has 0 bridgehead atoms. The Bertz CT molecular complexity index is 740. The van der Waals surface area contributed by atoms with Gasteiger partial charge in [-0.25, -0.2) is 13.1 Å². The largest absolute Gasteiger partial charge is 0.383 e. The van der Waals surface area contributed by atoms with Crippen LogP contribution in [0.1, 0.15) is 17.7 Å². The average Bonchev–Trinajstić information content (AvgIpc) is 3.21. The molecule has 2 aromatic rings. The lowest BCUT2D eigenvalue weighted by Crippen LogP contribution is -2.41. The van der Waals surface area contributed by atoms with E-state index in [4.69, 9.17) is 11.6 Å². The Morgan fingerprint density at radius 3 is 2.50 bits per heavy atom. The molecule has 0 spiro atoms. The maximum absolute atomic E-state index is 12.3. The molecule has 22 heavy (non-hydrogen) atoms. The Morgan fingerprint density at radius 1 is 1.27 bits per heavy atom. The van der Waals surface area contributed by atoms with Crippen molar-refractivity contribution < 1.29 is 13.5 Å². The van der Waals surface area contributed by atoms with Crippen LogP contribution in [0.25, 0.3) is 0 Å². The molecule has 1 saturated carbocycles. The van der Waals surface area contributed by atoms with Crippen molar-refractivity contribution in [2.75, 3.05) is 6.54 Å². The molecule has 1 fully saturated rings. The molecule has 1 unspecified atom stereocenters. The molecule has 4 nitrogen and oxygen atoms in total. The minimum absolute atomic E-state index is 0.0247. The van der Waals surface area contributed by atoms with E-state index in [0.717, 1.165) is 17.7 Å². The van der Waals surface area contributed by atoms with Gasteiger partial charge in [0, 0.05) is 16.4 Å². The summed E-state index contributed by atoms with van der Waals surface area (Å²) in [5.41, 5.74) is -1.13. The number of hydrogen-bond acceptors (Lipinski definition) is 4. The number of nitrogens with one attached hydrogen (secondary N) is 1. The minimum atomic E-state index is -3.67. The molecule has 1 heterocycles. The van der Waals surface area contributed by atoms with Crippen LogP contribution in [-0.4, -0.2) is 20.1 Å². The summed E-state index contributed by atoms with van der Waals surface area (Å²) >= 11 is 7.22. The number of thiophene rings is 1. The zero-order valence-electron chi connectivity index (χ0n) is 11.7. The Hall–Kier alpha value is -0.920. The summed E-state index contributed by atoms with van der Waals surface area (Å²) in [5.74, 6) is 0.110. The van der Waals surface area contributed by atoms with Crippen LogP contribution in [0.5, 0.6) is 0 Å². The highest BCUT2D eigenvalue weighted by Gasteiger charge is 2.46. The van der Waals surface area contributed by atoms with Gasteiger partial charge in [-0.15, -0.1) is 11.3 Å². The van der Waals surface area contributed by atoms with Gasteiger partial charge < -0.3 is 5.11 Å². The fourth-order valence-electron chi connectivity index (χ4n) is 2.42. The minimum Gasteiger partial charge on any atom is -0.383 e. The zero-order valence-corrected chi connectivity index (χ0v) is 14.1. The zero-order chi connectivity index (χ0) is 15.8. The maximum Gasteiger partial charge on any atom is 0.240 e. The first-order valence-electron chi connectivity index (χ1n) is 6.93. The molecular weight excluding hydrogens is 342 g/mol. The van der Waals surface area contributed by atoms with Crippen molar-refractivity contribution in [2.24, 2.45) is 5.92 Å². The number of rotatable bonds is 6. The highest BCUT2D eigenvalue weighted by atomic mass is 35.5. The topological polar surface area (TPSA) is 66.4 Å². The normalized spacial score (nSPS) is 18.1. The van der Waals surface area contributed by atoms with Crippen molar-refractivity contribution in [3.63, 3.8) is 0 Å². The highest BCUT2D eigenvalue weighted by molar-refractivity contribution is 7.89. The first-order chi connectivity index (χ1) is 10.4. The molecule has 118 valence electrons. The third-order valence-electron chi connectivity index (χ3n) is 3.86. The number of aliphatic hydroxyl groups is 1. The van der Waals surface area contributed by atoms with E-state index in [0.29, 0.717) is 5.02 Å². The fourth-order valence-corrected chi connectivity index (χ4v) is 4.52. The van der Waals surface area contributed by atoms with Gasteiger partial charge in [0.1, 0.15) is 5.60 Å². The van der Waals surface area contributed by atoms with E-state index in [-0.39, 0.29) is 17.4 Å². The summed E-state index contributed by atoms with van der Waals surface area (Å²) < 4.78 is 27.2. The summed E-state index contributed by atoms with van der Waals surface area (Å²) in [6, 6.07) is 9.67. The third kappa shape index (κ3) is 3.21. The monoisotopic (exact) mass is 357 g/mol. The van der Waals surface area contributed by atoms with E-state index in [1.165, 1.54) is 35.6 Å². The standard InChI is InChI=1S/C15H16ClNO3S2/c16-12-5-7-13(8-6-12)22(19,20)17-10-15(18,11-3-4-11)14-2-1-9-21-14/h1-2,5-9,11,17-18H,3-4,10H2. The Morgan fingerprint density at radius 2 is 1.95 bits per heavy atom. The predicted molar refractivity (Wildman–Crippen MR) is 87.6 cm³/mol. The maximum atomic E-state index is 12.3. The number of benzene rings is 1. The van der Waals surface area contributed by atoms with Crippen molar-refractivity contribution in [1.82, 2.24) is 4.72 Å². The first-order valence-corrected chi connectivity index (χ1v) is 9.67. The molecule has 2 N–H and O–H groups in total. The SMILES string of the molecule is O=S(=O)(NCC(O)(c1cccs1)C1CC1)c1ccc(Cl)cc1. The molecular formula is C15H16ClNO3S2. The third-order valence-corrected chi connectivity index (χ3v) is 6.56. The highest BCUT2D eigenvalue weighted by Crippen LogP contribution is 2.46. The van der Waals surface area contributed by atoms with Gasteiger partial charge in [0.05, 0.1) is 4.90 Å². The summed E-state index contributed by atoms with van der Waals surface area (Å²) in [7, 11) is -3.67. The molecule has 1 atom stereocenters. The lowest BCUT2D eigenvalue weighted by atomic mass is 9.96. The van der Waals surface area contributed by atoms with Gasteiger partial charge in [0.15, 0.2) is 0 Å². The lowest BCUT2D eigenvalue weighted by molar-refractivity contribution is 0.0222. The molecule has 7 heteroatoms. The van der Waals surface area contributed by atoms with Gasteiger partial charge in [-0.2, -0.15) is 0 Å². The Balaban J connectivity index is 1.79. The molecule has 1 aliphatic rings. The van der Waals surface area contributed by atoms with E-state index in [9.17, 15) is 13.5 Å². The number of hydrogen-bond donors (Lipinski definition) is 2. The fraction of sp³-hybridized carbons (Fsp3) is 0.333. The number of halogens is 1. The Kier molecular flexibility index (Phi) is 4.31. The van der Waals surface area contributed by atoms with Crippen LogP contribution >= 0.6 is 22.9 Å². The smallest absolute Gasteiger partial charge is 0.240 e.